The normalized spacial score (nSPS) is 57.1. The van der Waals surface area contributed by atoms with E-state index in [1.807, 2.05) is 6.92 Å². The number of ether oxygens (including phenoxy) is 6. The molecule has 1 unspecified atom stereocenters. The Balaban J connectivity index is 1.09. The SMILES string of the molecule is CO[C@@H]1[C@@H](O)[C@H](O[C@H]2[C@@H](C)O[C@@H](O[C@H]3CC[C@@]4(C)[C@@H](CC[C@@H]5[C@@H]4C[C@@H](O)[C@]4(C)[C@](O)(C(C)O)CC[C@]54O)C3)C[C@H]2OC)O[C@H](C)[C@H]1O. The van der Waals surface area contributed by atoms with Crippen molar-refractivity contribution in [2.45, 2.75) is 177 Å². The lowest BCUT2D eigenvalue weighted by Crippen LogP contribution is -2.72. The molecule has 6 aliphatic rings. The van der Waals surface area contributed by atoms with E-state index in [4.69, 9.17) is 28.4 Å². The van der Waals surface area contributed by atoms with Crippen molar-refractivity contribution in [3.8, 4) is 0 Å². The monoisotopic (exact) mass is 672 g/mol. The quantitative estimate of drug-likeness (QED) is 0.216. The second-order valence-electron chi connectivity index (χ2n) is 16.3. The Morgan fingerprint density at radius 3 is 2.15 bits per heavy atom. The van der Waals surface area contributed by atoms with Crippen LogP contribution in [0.4, 0.5) is 0 Å². The van der Waals surface area contributed by atoms with Gasteiger partial charge in [0.25, 0.3) is 0 Å². The van der Waals surface area contributed by atoms with Crippen molar-refractivity contribution in [2.24, 2.45) is 28.6 Å². The summed E-state index contributed by atoms with van der Waals surface area (Å²) in [5.41, 5.74) is -4.07. The third kappa shape index (κ3) is 5.47. The second kappa shape index (κ2) is 12.9. The highest BCUT2D eigenvalue weighted by Gasteiger charge is 2.75. The molecule has 2 aliphatic heterocycles. The molecule has 4 saturated carbocycles. The number of fused-ring (bicyclic) bond motifs is 5. The maximum Gasteiger partial charge on any atom is 0.187 e. The molecule has 0 amide bonds. The van der Waals surface area contributed by atoms with Crippen LogP contribution < -0.4 is 0 Å². The van der Waals surface area contributed by atoms with Gasteiger partial charge in [-0.25, -0.2) is 0 Å². The summed E-state index contributed by atoms with van der Waals surface area (Å²) in [6.45, 7) is 9.26. The van der Waals surface area contributed by atoms with Gasteiger partial charge in [-0.3, -0.25) is 0 Å². The average Bonchev–Trinajstić information content (AvgIpc) is 3.25. The molecule has 6 N–H and O–H groups in total. The van der Waals surface area contributed by atoms with Crippen LogP contribution in [0.1, 0.15) is 92.4 Å². The van der Waals surface area contributed by atoms with Gasteiger partial charge < -0.3 is 59.1 Å². The fourth-order valence-corrected chi connectivity index (χ4v) is 11.3. The molecule has 4 aliphatic carbocycles. The Bertz CT molecular complexity index is 1110. The molecule has 0 bridgehead atoms. The third-order valence-electron chi connectivity index (χ3n) is 14.4. The molecule has 47 heavy (non-hydrogen) atoms. The summed E-state index contributed by atoms with van der Waals surface area (Å²) in [5, 5.41) is 67.3. The summed E-state index contributed by atoms with van der Waals surface area (Å²) in [6, 6.07) is 0. The molecule has 0 spiro atoms. The fourth-order valence-electron chi connectivity index (χ4n) is 11.3. The molecule has 2 heterocycles. The first kappa shape index (κ1) is 36.3. The highest BCUT2D eigenvalue weighted by atomic mass is 16.7. The van der Waals surface area contributed by atoms with E-state index in [9.17, 15) is 30.6 Å². The molecule has 19 atom stereocenters. The summed E-state index contributed by atoms with van der Waals surface area (Å²) in [6.07, 6.45) is -2.56. The van der Waals surface area contributed by atoms with E-state index in [0.29, 0.717) is 25.2 Å². The molecule has 272 valence electrons. The number of hydrogen-bond acceptors (Lipinski definition) is 12. The van der Waals surface area contributed by atoms with Gasteiger partial charge in [0.1, 0.15) is 30.0 Å². The smallest absolute Gasteiger partial charge is 0.187 e. The summed E-state index contributed by atoms with van der Waals surface area (Å²) >= 11 is 0. The minimum Gasteiger partial charge on any atom is -0.392 e. The van der Waals surface area contributed by atoms with Gasteiger partial charge in [-0.05, 0) is 95.3 Å². The van der Waals surface area contributed by atoms with E-state index < -0.39 is 78.0 Å². The van der Waals surface area contributed by atoms with Crippen LogP contribution in [0.15, 0.2) is 0 Å². The first-order valence-corrected chi connectivity index (χ1v) is 17.9. The van der Waals surface area contributed by atoms with Crippen molar-refractivity contribution in [1.82, 2.24) is 0 Å². The number of rotatable bonds is 7. The lowest BCUT2D eigenvalue weighted by Gasteiger charge is -2.66. The highest BCUT2D eigenvalue weighted by molar-refractivity contribution is 5.25. The molecule has 6 fully saturated rings. The molecule has 12 nitrogen and oxygen atoms in total. The van der Waals surface area contributed by atoms with Gasteiger partial charge in [-0.15, -0.1) is 0 Å². The van der Waals surface area contributed by atoms with Crippen LogP contribution in [0.5, 0.6) is 0 Å². The molecule has 0 aromatic carbocycles. The van der Waals surface area contributed by atoms with E-state index in [1.165, 1.54) is 7.11 Å². The average molecular weight is 673 g/mol. The van der Waals surface area contributed by atoms with E-state index >= 15 is 0 Å². The second-order valence-corrected chi connectivity index (χ2v) is 16.3. The first-order chi connectivity index (χ1) is 22.0. The van der Waals surface area contributed by atoms with Crippen molar-refractivity contribution in [3.05, 3.63) is 0 Å². The molecular formula is C35H60O12. The first-order valence-electron chi connectivity index (χ1n) is 17.9. The molecule has 0 radical (unpaired) electrons. The summed E-state index contributed by atoms with van der Waals surface area (Å²) < 4.78 is 36.1. The van der Waals surface area contributed by atoms with Crippen molar-refractivity contribution < 1.29 is 59.1 Å². The summed E-state index contributed by atoms with van der Waals surface area (Å²) in [5.74, 6) is 0.402. The molecule has 0 aromatic rings. The van der Waals surface area contributed by atoms with Crippen LogP contribution in [0.3, 0.4) is 0 Å². The summed E-state index contributed by atoms with van der Waals surface area (Å²) in [7, 11) is 3.05. The van der Waals surface area contributed by atoms with E-state index in [2.05, 4.69) is 6.92 Å². The fraction of sp³-hybridized carbons (Fsp3) is 1.00. The lowest BCUT2D eigenvalue weighted by molar-refractivity contribution is -0.343. The number of methoxy groups -OCH3 is 2. The van der Waals surface area contributed by atoms with Crippen molar-refractivity contribution >= 4 is 0 Å². The van der Waals surface area contributed by atoms with E-state index in [0.717, 1.165) is 32.1 Å². The van der Waals surface area contributed by atoms with E-state index in [-0.39, 0.29) is 35.9 Å². The van der Waals surface area contributed by atoms with E-state index in [1.54, 1.807) is 27.9 Å². The Morgan fingerprint density at radius 1 is 0.766 bits per heavy atom. The molecular weight excluding hydrogens is 612 g/mol. The highest BCUT2D eigenvalue weighted by Crippen LogP contribution is 2.70. The third-order valence-corrected chi connectivity index (χ3v) is 14.4. The van der Waals surface area contributed by atoms with Crippen LogP contribution in [-0.2, 0) is 28.4 Å². The molecule has 2 saturated heterocycles. The van der Waals surface area contributed by atoms with Crippen LogP contribution >= 0.6 is 0 Å². The molecule has 0 aromatic heterocycles. The van der Waals surface area contributed by atoms with Crippen molar-refractivity contribution in [3.63, 3.8) is 0 Å². The van der Waals surface area contributed by atoms with Gasteiger partial charge in [0.2, 0.25) is 0 Å². The van der Waals surface area contributed by atoms with Crippen molar-refractivity contribution in [2.75, 3.05) is 14.2 Å². The minimum atomic E-state index is -1.53. The minimum absolute atomic E-state index is 0.0150. The van der Waals surface area contributed by atoms with Gasteiger partial charge in [0.05, 0.1) is 47.6 Å². The zero-order valence-corrected chi connectivity index (χ0v) is 29.2. The number of hydrogen-bond donors (Lipinski definition) is 6. The lowest BCUT2D eigenvalue weighted by atomic mass is 9.42. The Hall–Kier alpha value is -0.480. The zero-order valence-electron chi connectivity index (χ0n) is 29.2. The van der Waals surface area contributed by atoms with Gasteiger partial charge >= 0.3 is 0 Å². The van der Waals surface area contributed by atoms with Gasteiger partial charge in [0.15, 0.2) is 12.6 Å². The Morgan fingerprint density at radius 2 is 1.49 bits per heavy atom. The standard InChI is InChI=1S/C35H60O12/c1-17-27(38)30(43-7)28(39)31(45-17)47-29-18(2)44-26(16-24(29)42-6)46-21-10-11-32(4)20(14-21)8-9-22-23(32)15-25(37)33(5)34(40,19(3)36)12-13-35(22,33)41/h17-31,36-41H,8-16H2,1-7H3/t17-,18-,19?,20+,21+,22-,23+,24-,25-,26+,27-,28-,29+,30+,31+,32+,33-,34-,35+/m1/s1. The summed E-state index contributed by atoms with van der Waals surface area (Å²) in [4.78, 5) is 0. The number of aliphatic hydroxyl groups excluding tert-OH is 4. The van der Waals surface area contributed by atoms with Crippen molar-refractivity contribution in [1.29, 1.82) is 0 Å². The van der Waals surface area contributed by atoms with Crippen LogP contribution in [0.25, 0.3) is 0 Å². The maximum absolute atomic E-state index is 12.3. The van der Waals surface area contributed by atoms with Gasteiger partial charge in [-0.2, -0.15) is 0 Å². The van der Waals surface area contributed by atoms with Crippen LogP contribution in [0.2, 0.25) is 0 Å². The van der Waals surface area contributed by atoms with Crippen LogP contribution in [-0.4, -0.2) is 130 Å². The van der Waals surface area contributed by atoms with Gasteiger partial charge in [0, 0.05) is 20.6 Å². The molecule has 12 heteroatoms. The predicted octanol–water partition coefficient (Wildman–Crippen LogP) is 1.63. The largest absolute Gasteiger partial charge is 0.392 e. The Labute approximate surface area is 279 Å². The van der Waals surface area contributed by atoms with Gasteiger partial charge in [-0.1, -0.05) is 13.8 Å². The maximum atomic E-state index is 12.3. The van der Waals surface area contributed by atoms with Crippen LogP contribution in [0, 0.1) is 28.6 Å². The molecule has 6 rings (SSSR count). The topological polar surface area (TPSA) is 177 Å². The predicted molar refractivity (Wildman–Crippen MR) is 168 cm³/mol. The Kier molecular flexibility index (Phi) is 9.99. The zero-order chi connectivity index (χ0) is 34.3. The number of aliphatic hydroxyl groups is 6.